The first-order valence-electron chi connectivity index (χ1n) is 6.96. The molecule has 1 fully saturated rings. The van der Waals surface area contributed by atoms with Crippen molar-refractivity contribution in [1.82, 2.24) is 0 Å². The molecule has 7 heteroatoms. The van der Waals surface area contributed by atoms with Crippen LogP contribution in [0.3, 0.4) is 0 Å². The van der Waals surface area contributed by atoms with Crippen molar-refractivity contribution in [2.24, 2.45) is 0 Å². The highest BCUT2D eigenvalue weighted by atomic mass is 32.2. The van der Waals surface area contributed by atoms with Crippen LogP contribution in [0.25, 0.3) is 0 Å². The Kier molecular flexibility index (Phi) is 3.58. The number of hydrogen-bond acceptors (Lipinski definition) is 2. The highest BCUT2D eigenvalue weighted by molar-refractivity contribution is 7.93. The molecule has 0 amide bonds. The lowest BCUT2D eigenvalue weighted by atomic mass is 9.99. The summed E-state index contributed by atoms with van der Waals surface area (Å²) in [6.45, 7) is 0. The molecule has 3 rings (SSSR count). The molecule has 2 bridgehead atoms. The first-order chi connectivity index (χ1) is 10.2. The van der Waals surface area contributed by atoms with E-state index in [1.807, 2.05) is 0 Å². The third-order valence-corrected chi connectivity index (χ3v) is 6.89. The van der Waals surface area contributed by atoms with Gasteiger partial charge in [0, 0.05) is 0 Å². The van der Waals surface area contributed by atoms with Crippen molar-refractivity contribution in [3.8, 4) is 0 Å². The van der Waals surface area contributed by atoms with Crippen molar-refractivity contribution in [2.45, 2.75) is 42.4 Å². The Bertz CT molecular complexity index is 734. The number of halogens is 4. The molecule has 2 aliphatic heterocycles. The molecule has 2 aliphatic rings. The molecule has 1 aromatic carbocycles. The van der Waals surface area contributed by atoms with Gasteiger partial charge >= 0.3 is 6.18 Å². The second-order valence-electron chi connectivity index (χ2n) is 5.84. The van der Waals surface area contributed by atoms with Crippen molar-refractivity contribution in [2.75, 3.05) is 0 Å². The molecule has 0 aliphatic carbocycles. The van der Waals surface area contributed by atoms with Crippen molar-refractivity contribution in [3.63, 3.8) is 0 Å². The summed E-state index contributed by atoms with van der Waals surface area (Å²) < 4.78 is 75.3. The predicted octanol–water partition coefficient (Wildman–Crippen LogP) is 3.66. The first kappa shape index (κ1) is 15.5. The molecule has 0 aromatic heterocycles. The topological polar surface area (TPSA) is 34.1 Å². The highest BCUT2D eigenvalue weighted by Crippen LogP contribution is 2.39. The van der Waals surface area contributed by atoms with Crippen LogP contribution in [0.4, 0.5) is 17.6 Å². The van der Waals surface area contributed by atoms with Gasteiger partial charge in [0.1, 0.15) is 5.82 Å². The summed E-state index contributed by atoms with van der Waals surface area (Å²) in [4.78, 5) is 0. The van der Waals surface area contributed by atoms with Crippen LogP contribution in [-0.4, -0.2) is 18.9 Å². The zero-order valence-corrected chi connectivity index (χ0v) is 12.3. The fraction of sp³-hybridized carbons (Fsp3) is 0.467. The smallest absolute Gasteiger partial charge is 0.228 e. The Morgan fingerprint density at radius 1 is 1.18 bits per heavy atom. The summed E-state index contributed by atoms with van der Waals surface area (Å²) in [5.74, 6) is -1.29. The quantitative estimate of drug-likeness (QED) is 0.611. The maximum atomic E-state index is 13.3. The lowest BCUT2D eigenvalue weighted by Gasteiger charge is -2.20. The average molecular weight is 334 g/mol. The normalized spacial score (nSPS) is 26.8. The van der Waals surface area contributed by atoms with Gasteiger partial charge in [-0.2, -0.15) is 13.2 Å². The van der Waals surface area contributed by atoms with Gasteiger partial charge in [-0.1, -0.05) is 17.7 Å². The molecule has 0 saturated carbocycles. The summed E-state index contributed by atoms with van der Waals surface area (Å²) in [7, 11) is -3.11. The Morgan fingerprint density at radius 3 is 2.55 bits per heavy atom. The Labute approximate surface area is 125 Å². The molecular formula is C15H14F4O2S. The molecule has 1 saturated heterocycles. The summed E-state index contributed by atoms with van der Waals surface area (Å²) in [6.07, 6.45) is -1.31. The largest absolute Gasteiger partial charge is 0.419 e. The number of benzene rings is 1. The van der Waals surface area contributed by atoms with Crippen LogP contribution in [-0.2, 0) is 22.4 Å². The monoisotopic (exact) mass is 334 g/mol. The van der Waals surface area contributed by atoms with Gasteiger partial charge in [0.15, 0.2) is 9.84 Å². The molecule has 22 heavy (non-hydrogen) atoms. The van der Waals surface area contributed by atoms with Crippen LogP contribution >= 0.6 is 0 Å². The van der Waals surface area contributed by atoms with Gasteiger partial charge in [-0.05, 0) is 43.4 Å². The van der Waals surface area contributed by atoms with E-state index in [9.17, 15) is 26.0 Å². The van der Waals surface area contributed by atoms with E-state index in [0.717, 1.165) is 17.7 Å². The Balaban J connectivity index is 1.86. The SMILES string of the molecule is O=S1(=O)C2C=C(Cc3ccc(F)c(C(F)(F)F)c3)CC1CC2. The number of rotatable bonds is 2. The van der Waals surface area contributed by atoms with E-state index in [-0.39, 0.29) is 6.42 Å². The lowest BCUT2D eigenvalue weighted by molar-refractivity contribution is -0.140. The van der Waals surface area contributed by atoms with E-state index in [0.29, 0.717) is 24.8 Å². The Hall–Kier alpha value is -1.37. The van der Waals surface area contributed by atoms with E-state index in [2.05, 4.69) is 0 Å². The number of alkyl halides is 3. The highest BCUT2D eigenvalue weighted by Gasteiger charge is 2.43. The molecule has 2 atom stereocenters. The van der Waals surface area contributed by atoms with Crippen LogP contribution < -0.4 is 0 Å². The van der Waals surface area contributed by atoms with Crippen molar-refractivity contribution in [3.05, 3.63) is 46.8 Å². The number of sulfone groups is 1. The summed E-state index contributed by atoms with van der Waals surface area (Å²) in [5.41, 5.74) is -0.113. The fourth-order valence-electron chi connectivity index (χ4n) is 3.24. The maximum Gasteiger partial charge on any atom is 0.419 e. The Morgan fingerprint density at radius 2 is 1.91 bits per heavy atom. The maximum absolute atomic E-state index is 13.3. The van der Waals surface area contributed by atoms with Gasteiger partial charge in [-0.25, -0.2) is 12.8 Å². The number of allylic oxidation sites excluding steroid dienone is 1. The standard InChI is InChI=1S/C15H14F4O2S/c16-14-4-1-9(8-13(14)15(17,18)19)5-10-6-11-2-3-12(7-10)22(11,20)21/h1,4,6,8,11-12H,2-3,5,7H2. The third-order valence-electron chi connectivity index (χ3n) is 4.34. The zero-order chi connectivity index (χ0) is 16.1. The lowest BCUT2D eigenvalue weighted by Crippen LogP contribution is -2.27. The molecule has 0 spiro atoms. The van der Waals surface area contributed by atoms with Crippen molar-refractivity contribution >= 4 is 9.84 Å². The van der Waals surface area contributed by atoms with Crippen LogP contribution in [0.2, 0.25) is 0 Å². The van der Waals surface area contributed by atoms with Crippen molar-refractivity contribution < 1.29 is 26.0 Å². The molecule has 0 radical (unpaired) electrons. The minimum Gasteiger partial charge on any atom is -0.228 e. The van der Waals surface area contributed by atoms with E-state index in [4.69, 9.17) is 0 Å². The molecule has 2 heterocycles. The van der Waals surface area contributed by atoms with Crippen LogP contribution in [0.15, 0.2) is 29.8 Å². The van der Waals surface area contributed by atoms with Crippen LogP contribution in [0, 0.1) is 5.82 Å². The van der Waals surface area contributed by atoms with Gasteiger partial charge in [-0.15, -0.1) is 0 Å². The molecule has 0 N–H and O–H groups in total. The number of fused-ring (bicyclic) bond motifs is 2. The molecule has 2 unspecified atom stereocenters. The third kappa shape index (κ3) is 2.66. The van der Waals surface area contributed by atoms with Crippen molar-refractivity contribution in [1.29, 1.82) is 0 Å². The molecule has 1 aromatic rings. The van der Waals surface area contributed by atoms with E-state index in [1.54, 1.807) is 6.08 Å². The molecule has 2 nitrogen and oxygen atoms in total. The zero-order valence-electron chi connectivity index (χ0n) is 11.5. The van der Waals surface area contributed by atoms with Gasteiger partial charge < -0.3 is 0 Å². The first-order valence-corrected chi connectivity index (χ1v) is 8.57. The second-order valence-corrected chi connectivity index (χ2v) is 8.29. The average Bonchev–Trinajstić information content (AvgIpc) is 2.61. The van der Waals surface area contributed by atoms with E-state index in [1.165, 1.54) is 6.07 Å². The molecular weight excluding hydrogens is 320 g/mol. The summed E-state index contributed by atoms with van der Waals surface area (Å²) in [6, 6.07) is 2.94. The van der Waals surface area contributed by atoms with Crippen LogP contribution in [0.1, 0.15) is 30.4 Å². The van der Waals surface area contributed by atoms with Gasteiger partial charge in [-0.3, -0.25) is 0 Å². The summed E-state index contributed by atoms with van der Waals surface area (Å²) in [5, 5.41) is -0.927. The van der Waals surface area contributed by atoms with Gasteiger partial charge in [0.05, 0.1) is 16.1 Å². The van der Waals surface area contributed by atoms with Gasteiger partial charge in [0.2, 0.25) is 0 Å². The number of hydrogen-bond donors (Lipinski definition) is 0. The fourth-order valence-corrected chi connectivity index (χ4v) is 5.49. The second kappa shape index (κ2) is 5.08. The van der Waals surface area contributed by atoms with Gasteiger partial charge in [0.25, 0.3) is 0 Å². The molecule has 120 valence electrons. The predicted molar refractivity (Wildman–Crippen MR) is 73.5 cm³/mol. The minimum atomic E-state index is -4.73. The van der Waals surface area contributed by atoms with E-state index < -0.39 is 37.9 Å². The minimum absolute atomic E-state index is 0.228. The summed E-state index contributed by atoms with van der Waals surface area (Å²) >= 11 is 0. The van der Waals surface area contributed by atoms with E-state index >= 15 is 0 Å². The van der Waals surface area contributed by atoms with Crippen LogP contribution in [0.5, 0.6) is 0 Å².